The third-order valence-corrected chi connectivity index (χ3v) is 6.87. The number of anilines is 2. The van der Waals surface area contributed by atoms with E-state index in [1.807, 2.05) is 72.8 Å². The Hall–Kier alpha value is -3.69. The van der Waals surface area contributed by atoms with Gasteiger partial charge < -0.3 is 14.8 Å². The summed E-state index contributed by atoms with van der Waals surface area (Å²) in [6.07, 6.45) is 2.72. The fourth-order valence-corrected chi connectivity index (χ4v) is 3.74. The SMILES string of the molecule is CC(NCCOc1ccc2ncnc(Nc3ccc(OCc4ccccc4)cc3)c2c1)S(C)(=O)=O. The summed E-state index contributed by atoms with van der Waals surface area (Å²) in [5.41, 5.74) is 2.75. The molecule has 2 N–H and O–H groups in total. The number of nitrogens with one attached hydrogen (secondary N) is 2. The van der Waals surface area contributed by atoms with E-state index in [4.69, 9.17) is 9.47 Å². The zero-order valence-corrected chi connectivity index (χ0v) is 20.5. The van der Waals surface area contributed by atoms with Crippen molar-refractivity contribution in [2.45, 2.75) is 18.9 Å². The fourth-order valence-electron chi connectivity index (χ4n) is 3.32. The van der Waals surface area contributed by atoms with Crippen LogP contribution in [0.1, 0.15) is 12.5 Å². The maximum absolute atomic E-state index is 11.5. The molecule has 0 aliphatic carbocycles. The Bertz CT molecular complexity index is 1360. The quantitative estimate of drug-likeness (QED) is 0.299. The molecule has 8 nitrogen and oxygen atoms in total. The minimum absolute atomic E-state index is 0.326. The second kappa shape index (κ2) is 11.2. The number of ether oxygens (including phenoxy) is 2. The van der Waals surface area contributed by atoms with Crippen molar-refractivity contribution < 1.29 is 17.9 Å². The van der Waals surface area contributed by atoms with E-state index in [9.17, 15) is 8.42 Å². The Labute approximate surface area is 205 Å². The Morgan fingerprint density at radius 1 is 0.914 bits per heavy atom. The van der Waals surface area contributed by atoms with Crippen molar-refractivity contribution >= 4 is 32.2 Å². The van der Waals surface area contributed by atoms with Crippen LogP contribution in [0.25, 0.3) is 10.9 Å². The minimum Gasteiger partial charge on any atom is -0.492 e. The minimum atomic E-state index is -3.13. The topological polar surface area (TPSA) is 102 Å². The van der Waals surface area contributed by atoms with Gasteiger partial charge in [-0.1, -0.05) is 30.3 Å². The van der Waals surface area contributed by atoms with E-state index < -0.39 is 15.2 Å². The van der Waals surface area contributed by atoms with Crippen LogP contribution in [0.4, 0.5) is 11.5 Å². The van der Waals surface area contributed by atoms with E-state index in [2.05, 4.69) is 20.6 Å². The maximum atomic E-state index is 11.5. The third-order valence-electron chi connectivity index (χ3n) is 5.42. The highest BCUT2D eigenvalue weighted by Gasteiger charge is 2.13. The molecule has 182 valence electrons. The highest BCUT2D eigenvalue weighted by molar-refractivity contribution is 7.91. The van der Waals surface area contributed by atoms with Crippen molar-refractivity contribution in [1.82, 2.24) is 15.3 Å². The van der Waals surface area contributed by atoms with E-state index in [0.717, 1.165) is 27.9 Å². The first-order chi connectivity index (χ1) is 16.9. The van der Waals surface area contributed by atoms with Gasteiger partial charge in [0, 0.05) is 23.9 Å². The number of sulfone groups is 1. The lowest BCUT2D eigenvalue weighted by atomic mass is 10.2. The molecule has 35 heavy (non-hydrogen) atoms. The van der Waals surface area contributed by atoms with Gasteiger partial charge in [-0.2, -0.15) is 0 Å². The predicted octanol–water partition coefficient (Wildman–Crippen LogP) is 4.31. The van der Waals surface area contributed by atoms with Crippen LogP contribution in [0.2, 0.25) is 0 Å². The summed E-state index contributed by atoms with van der Waals surface area (Å²) in [6.45, 7) is 2.85. The molecular weight excluding hydrogens is 464 g/mol. The molecule has 1 atom stereocenters. The summed E-state index contributed by atoms with van der Waals surface area (Å²) in [4.78, 5) is 8.73. The molecule has 0 aliphatic heterocycles. The summed E-state index contributed by atoms with van der Waals surface area (Å²) >= 11 is 0. The highest BCUT2D eigenvalue weighted by Crippen LogP contribution is 2.27. The average Bonchev–Trinajstić information content (AvgIpc) is 2.86. The van der Waals surface area contributed by atoms with Crippen LogP contribution in [-0.2, 0) is 16.4 Å². The lowest BCUT2D eigenvalue weighted by Gasteiger charge is -2.13. The van der Waals surface area contributed by atoms with Gasteiger partial charge in [-0.25, -0.2) is 18.4 Å². The highest BCUT2D eigenvalue weighted by atomic mass is 32.2. The van der Waals surface area contributed by atoms with Crippen LogP contribution in [0, 0.1) is 0 Å². The second-order valence-electron chi connectivity index (χ2n) is 8.10. The number of hydrogen-bond donors (Lipinski definition) is 2. The largest absolute Gasteiger partial charge is 0.492 e. The van der Waals surface area contributed by atoms with Crippen LogP contribution in [0.15, 0.2) is 79.1 Å². The molecule has 1 unspecified atom stereocenters. The molecule has 0 radical (unpaired) electrons. The summed E-state index contributed by atoms with van der Waals surface area (Å²) in [7, 11) is -3.13. The van der Waals surface area contributed by atoms with Gasteiger partial charge in [0.1, 0.15) is 42.2 Å². The van der Waals surface area contributed by atoms with Gasteiger partial charge in [-0.15, -0.1) is 0 Å². The molecule has 0 aliphatic rings. The monoisotopic (exact) mass is 492 g/mol. The smallest absolute Gasteiger partial charge is 0.163 e. The fraction of sp³-hybridized carbons (Fsp3) is 0.231. The Morgan fingerprint density at radius 2 is 1.66 bits per heavy atom. The van der Waals surface area contributed by atoms with Crippen molar-refractivity contribution in [2.75, 3.05) is 24.7 Å². The molecule has 4 rings (SSSR count). The molecule has 0 bridgehead atoms. The van der Waals surface area contributed by atoms with Crippen LogP contribution >= 0.6 is 0 Å². The number of hydrogen-bond acceptors (Lipinski definition) is 8. The molecule has 1 heterocycles. The van der Waals surface area contributed by atoms with Crippen molar-refractivity contribution in [2.24, 2.45) is 0 Å². The zero-order chi connectivity index (χ0) is 24.7. The summed E-state index contributed by atoms with van der Waals surface area (Å²) in [5, 5.41) is 6.46. The van der Waals surface area contributed by atoms with Crippen molar-refractivity contribution in [1.29, 1.82) is 0 Å². The summed E-state index contributed by atoms with van der Waals surface area (Å²) in [5.74, 6) is 2.08. The first-order valence-corrected chi connectivity index (χ1v) is 13.2. The maximum Gasteiger partial charge on any atom is 0.163 e. The Kier molecular flexibility index (Phi) is 7.79. The summed E-state index contributed by atoms with van der Waals surface area (Å²) < 4.78 is 34.7. The predicted molar refractivity (Wildman–Crippen MR) is 138 cm³/mol. The molecule has 0 saturated carbocycles. The molecule has 0 fully saturated rings. The molecule has 4 aromatic rings. The van der Waals surface area contributed by atoms with Crippen molar-refractivity contribution in [3.05, 3.63) is 84.7 Å². The Balaban J connectivity index is 1.38. The van der Waals surface area contributed by atoms with Gasteiger partial charge in [0.15, 0.2) is 9.84 Å². The standard InChI is InChI=1S/C26H28N4O4S/c1-19(35(2,31)32)27-14-15-33-23-12-13-25-24(16-23)26(29-18-28-25)30-21-8-10-22(11-9-21)34-17-20-6-4-3-5-7-20/h3-13,16,18-19,27H,14-15,17H2,1-2H3,(H,28,29,30). The third kappa shape index (κ3) is 6.91. The van der Waals surface area contributed by atoms with Crippen molar-refractivity contribution in [3.63, 3.8) is 0 Å². The molecule has 0 saturated heterocycles. The first kappa shape index (κ1) is 24.4. The number of aromatic nitrogens is 2. The molecular formula is C26H28N4O4S. The molecule has 0 spiro atoms. The molecule has 9 heteroatoms. The summed E-state index contributed by atoms with van der Waals surface area (Å²) in [6, 6.07) is 23.3. The number of rotatable bonds is 11. The van der Waals surface area contributed by atoms with Crippen LogP contribution in [-0.4, -0.2) is 43.2 Å². The lowest BCUT2D eigenvalue weighted by molar-refractivity contribution is 0.306. The lowest BCUT2D eigenvalue weighted by Crippen LogP contribution is -2.35. The number of benzene rings is 3. The normalized spacial score (nSPS) is 12.3. The molecule has 1 aromatic heterocycles. The van der Waals surface area contributed by atoms with Gasteiger partial charge in [0.25, 0.3) is 0 Å². The number of nitrogens with zero attached hydrogens (tertiary/aromatic N) is 2. The average molecular weight is 493 g/mol. The van der Waals surface area contributed by atoms with E-state index in [-0.39, 0.29) is 0 Å². The van der Waals surface area contributed by atoms with Crippen LogP contribution < -0.4 is 20.1 Å². The van der Waals surface area contributed by atoms with Gasteiger partial charge in [0.05, 0.1) is 5.52 Å². The second-order valence-corrected chi connectivity index (χ2v) is 10.5. The van der Waals surface area contributed by atoms with Gasteiger partial charge in [-0.3, -0.25) is 5.32 Å². The first-order valence-electron chi connectivity index (χ1n) is 11.2. The van der Waals surface area contributed by atoms with Crippen LogP contribution in [0.5, 0.6) is 11.5 Å². The van der Waals surface area contributed by atoms with Crippen LogP contribution in [0.3, 0.4) is 0 Å². The number of fused-ring (bicyclic) bond motifs is 1. The van der Waals surface area contributed by atoms with Gasteiger partial charge >= 0.3 is 0 Å². The zero-order valence-electron chi connectivity index (χ0n) is 19.6. The molecule has 0 amide bonds. The Morgan fingerprint density at radius 3 is 2.40 bits per heavy atom. The van der Waals surface area contributed by atoms with E-state index in [1.165, 1.54) is 12.6 Å². The van der Waals surface area contributed by atoms with Gasteiger partial charge in [-0.05, 0) is 55.0 Å². The van der Waals surface area contributed by atoms with E-state index in [0.29, 0.717) is 31.3 Å². The van der Waals surface area contributed by atoms with E-state index in [1.54, 1.807) is 6.92 Å². The van der Waals surface area contributed by atoms with Gasteiger partial charge in [0.2, 0.25) is 0 Å². The van der Waals surface area contributed by atoms with Crippen molar-refractivity contribution in [3.8, 4) is 11.5 Å². The van der Waals surface area contributed by atoms with E-state index >= 15 is 0 Å². The molecule has 3 aromatic carbocycles.